The average Bonchev–Trinajstić information content (AvgIpc) is 2.68. The summed E-state index contributed by atoms with van der Waals surface area (Å²) in [6.45, 7) is 2.93. The first-order valence-electron chi connectivity index (χ1n) is 8.63. The summed E-state index contributed by atoms with van der Waals surface area (Å²) in [5, 5.41) is 0. The van der Waals surface area contributed by atoms with Crippen molar-refractivity contribution in [2.45, 2.75) is 19.8 Å². The molecule has 0 unspecified atom stereocenters. The molecule has 1 aromatic carbocycles. The Morgan fingerprint density at radius 2 is 1.76 bits per heavy atom. The molecular weight excluding hydrogens is 308 g/mol. The fourth-order valence-electron chi connectivity index (χ4n) is 2.40. The van der Waals surface area contributed by atoms with Gasteiger partial charge in [0.25, 0.3) is 0 Å². The third-order valence-electron chi connectivity index (χ3n) is 3.81. The van der Waals surface area contributed by atoms with Gasteiger partial charge in [-0.05, 0) is 47.9 Å². The molecule has 0 bridgehead atoms. The van der Waals surface area contributed by atoms with Gasteiger partial charge in [0, 0.05) is 12.4 Å². The first-order chi connectivity index (χ1) is 12.3. The molecule has 2 heterocycles. The van der Waals surface area contributed by atoms with Gasteiger partial charge in [0.05, 0.1) is 18.0 Å². The van der Waals surface area contributed by atoms with E-state index >= 15 is 0 Å². The molecule has 0 fully saturated rings. The van der Waals surface area contributed by atoms with Crippen LogP contribution in [0.25, 0.3) is 23.5 Å². The number of pyridine rings is 2. The van der Waals surface area contributed by atoms with Gasteiger partial charge in [0.1, 0.15) is 5.75 Å². The van der Waals surface area contributed by atoms with Crippen molar-refractivity contribution in [2.75, 3.05) is 6.61 Å². The molecule has 2 aromatic heterocycles. The molecule has 0 aliphatic rings. The lowest BCUT2D eigenvalue weighted by Gasteiger charge is -2.05. The molecule has 0 saturated heterocycles. The Hall–Kier alpha value is -2.94. The second-order valence-electron chi connectivity index (χ2n) is 5.80. The van der Waals surface area contributed by atoms with E-state index in [1.807, 2.05) is 42.6 Å². The highest BCUT2D eigenvalue weighted by atomic mass is 16.5. The topological polar surface area (TPSA) is 35.0 Å². The molecule has 3 heteroatoms. The summed E-state index contributed by atoms with van der Waals surface area (Å²) in [7, 11) is 0. The Morgan fingerprint density at radius 1 is 0.880 bits per heavy atom. The lowest BCUT2D eigenvalue weighted by atomic mass is 10.1. The predicted octanol–water partition coefficient (Wildman–Crippen LogP) is 5.49. The van der Waals surface area contributed by atoms with E-state index in [-0.39, 0.29) is 0 Å². The summed E-state index contributed by atoms with van der Waals surface area (Å²) in [5.41, 5.74) is 3.93. The smallest absolute Gasteiger partial charge is 0.119 e. The van der Waals surface area contributed by atoms with Crippen molar-refractivity contribution < 1.29 is 4.74 Å². The monoisotopic (exact) mass is 330 g/mol. The highest BCUT2D eigenvalue weighted by molar-refractivity contribution is 5.70. The molecule has 0 aliphatic carbocycles. The van der Waals surface area contributed by atoms with Crippen LogP contribution >= 0.6 is 0 Å². The maximum absolute atomic E-state index is 5.75. The van der Waals surface area contributed by atoms with Crippen molar-refractivity contribution in [1.82, 2.24) is 9.97 Å². The van der Waals surface area contributed by atoms with Gasteiger partial charge in [0.2, 0.25) is 0 Å². The maximum Gasteiger partial charge on any atom is 0.119 e. The van der Waals surface area contributed by atoms with E-state index in [0.29, 0.717) is 0 Å². The quantitative estimate of drug-likeness (QED) is 0.537. The van der Waals surface area contributed by atoms with E-state index < -0.39 is 0 Å². The molecule has 0 radical (unpaired) electrons. The van der Waals surface area contributed by atoms with Crippen LogP contribution in [0.1, 0.15) is 30.9 Å². The zero-order chi connectivity index (χ0) is 17.3. The largest absolute Gasteiger partial charge is 0.494 e. The molecule has 0 saturated carbocycles. The van der Waals surface area contributed by atoms with E-state index in [1.165, 1.54) is 0 Å². The van der Waals surface area contributed by atoms with E-state index in [0.717, 1.165) is 47.7 Å². The highest BCUT2D eigenvalue weighted by Gasteiger charge is 1.99. The minimum Gasteiger partial charge on any atom is -0.494 e. The highest BCUT2D eigenvalue weighted by Crippen LogP contribution is 2.17. The third kappa shape index (κ3) is 5.01. The van der Waals surface area contributed by atoms with Crippen LogP contribution in [0.4, 0.5) is 0 Å². The lowest BCUT2D eigenvalue weighted by molar-refractivity contribution is 0.309. The number of nitrogens with zero attached hydrogens (tertiary/aromatic N) is 2. The van der Waals surface area contributed by atoms with Crippen molar-refractivity contribution in [1.29, 1.82) is 0 Å². The SMILES string of the molecule is CCCCOc1cccc(/C=C\c2ccc(-c3ccccn3)nc2)c1. The summed E-state index contributed by atoms with van der Waals surface area (Å²) in [5.74, 6) is 0.916. The third-order valence-corrected chi connectivity index (χ3v) is 3.81. The van der Waals surface area contributed by atoms with Gasteiger partial charge in [-0.2, -0.15) is 0 Å². The number of hydrogen-bond donors (Lipinski definition) is 0. The molecule has 0 amide bonds. The summed E-state index contributed by atoms with van der Waals surface area (Å²) in [4.78, 5) is 8.81. The number of rotatable bonds is 7. The molecule has 126 valence electrons. The zero-order valence-corrected chi connectivity index (χ0v) is 14.4. The fourth-order valence-corrected chi connectivity index (χ4v) is 2.40. The number of unbranched alkanes of at least 4 members (excludes halogenated alkanes) is 1. The van der Waals surface area contributed by atoms with E-state index in [4.69, 9.17) is 4.74 Å². The molecule has 0 atom stereocenters. The lowest BCUT2D eigenvalue weighted by Crippen LogP contribution is -1.96. The van der Waals surface area contributed by atoms with E-state index in [2.05, 4.69) is 47.2 Å². The molecule has 3 rings (SSSR count). The van der Waals surface area contributed by atoms with Crippen molar-refractivity contribution in [3.8, 4) is 17.1 Å². The van der Waals surface area contributed by atoms with Gasteiger partial charge in [-0.15, -0.1) is 0 Å². The number of aromatic nitrogens is 2. The molecule has 0 spiro atoms. The first-order valence-corrected chi connectivity index (χ1v) is 8.63. The van der Waals surface area contributed by atoms with Gasteiger partial charge < -0.3 is 4.74 Å². The van der Waals surface area contributed by atoms with Gasteiger partial charge in [-0.1, -0.05) is 49.8 Å². The van der Waals surface area contributed by atoms with Crippen LogP contribution < -0.4 is 4.74 Å². The van der Waals surface area contributed by atoms with Crippen LogP contribution in [0.3, 0.4) is 0 Å². The molecule has 0 aliphatic heterocycles. The maximum atomic E-state index is 5.75. The van der Waals surface area contributed by atoms with Gasteiger partial charge in [-0.3, -0.25) is 9.97 Å². The van der Waals surface area contributed by atoms with Crippen LogP contribution in [0, 0.1) is 0 Å². The summed E-state index contributed by atoms with van der Waals surface area (Å²) in [6, 6.07) is 18.0. The fraction of sp³-hybridized carbons (Fsp3) is 0.182. The van der Waals surface area contributed by atoms with Gasteiger partial charge in [0.15, 0.2) is 0 Å². The van der Waals surface area contributed by atoms with Gasteiger partial charge in [-0.25, -0.2) is 0 Å². The molecule has 0 N–H and O–H groups in total. The summed E-state index contributed by atoms with van der Waals surface area (Å²) in [6.07, 6.45) is 9.99. The van der Waals surface area contributed by atoms with Crippen LogP contribution in [-0.2, 0) is 0 Å². The van der Waals surface area contributed by atoms with E-state index in [1.54, 1.807) is 6.20 Å². The van der Waals surface area contributed by atoms with Crippen LogP contribution in [-0.4, -0.2) is 16.6 Å². The van der Waals surface area contributed by atoms with Gasteiger partial charge >= 0.3 is 0 Å². The second kappa shape index (κ2) is 8.78. The zero-order valence-electron chi connectivity index (χ0n) is 14.4. The number of hydrogen-bond acceptors (Lipinski definition) is 3. The van der Waals surface area contributed by atoms with Crippen molar-refractivity contribution in [3.05, 3.63) is 78.1 Å². The summed E-state index contributed by atoms with van der Waals surface area (Å²) >= 11 is 0. The van der Waals surface area contributed by atoms with Crippen LogP contribution in [0.2, 0.25) is 0 Å². The Kier molecular flexibility index (Phi) is 5.94. The first kappa shape index (κ1) is 16.9. The number of benzene rings is 1. The van der Waals surface area contributed by atoms with Crippen molar-refractivity contribution >= 4 is 12.2 Å². The molecule has 3 nitrogen and oxygen atoms in total. The molecular formula is C22H22N2O. The predicted molar refractivity (Wildman–Crippen MR) is 103 cm³/mol. The van der Waals surface area contributed by atoms with E-state index in [9.17, 15) is 0 Å². The Balaban J connectivity index is 1.67. The second-order valence-corrected chi connectivity index (χ2v) is 5.80. The Morgan fingerprint density at radius 3 is 2.52 bits per heavy atom. The standard InChI is InChI=1S/C22H22N2O/c1-2-3-15-25-20-8-6-7-18(16-20)10-11-19-12-13-22(24-17-19)21-9-4-5-14-23-21/h4-14,16-17H,2-3,15H2,1H3/b11-10-. The average molecular weight is 330 g/mol. The van der Waals surface area contributed by atoms with Crippen LogP contribution in [0.15, 0.2) is 67.0 Å². The Labute approximate surface area is 149 Å². The minimum atomic E-state index is 0.766. The molecule has 25 heavy (non-hydrogen) atoms. The summed E-state index contributed by atoms with van der Waals surface area (Å²) < 4.78 is 5.75. The minimum absolute atomic E-state index is 0.766. The number of ether oxygens (including phenoxy) is 1. The van der Waals surface area contributed by atoms with Crippen molar-refractivity contribution in [2.24, 2.45) is 0 Å². The normalized spacial score (nSPS) is 10.9. The molecule has 3 aromatic rings. The Bertz CT molecular complexity index is 811. The van der Waals surface area contributed by atoms with Crippen LogP contribution in [0.5, 0.6) is 5.75 Å². The van der Waals surface area contributed by atoms with Crippen molar-refractivity contribution in [3.63, 3.8) is 0 Å².